The van der Waals surface area contributed by atoms with Gasteiger partial charge < -0.3 is 10.1 Å². The largest absolute Gasteiger partial charge is 0.497 e. The Kier molecular flexibility index (Phi) is 4.60. The van der Waals surface area contributed by atoms with Crippen molar-refractivity contribution in [3.63, 3.8) is 0 Å². The second-order valence-corrected chi connectivity index (χ2v) is 6.18. The van der Waals surface area contributed by atoms with E-state index in [2.05, 4.69) is 5.32 Å². The second kappa shape index (κ2) is 6.65. The number of carbonyl (C=O) groups excluding carboxylic acids is 1. The van der Waals surface area contributed by atoms with E-state index in [-0.39, 0.29) is 11.8 Å². The first-order valence-corrected chi connectivity index (χ1v) is 7.93. The number of hydrogen-bond donors (Lipinski definition) is 1. The number of benzene rings is 2. The van der Waals surface area contributed by atoms with E-state index in [4.69, 9.17) is 27.9 Å². The Morgan fingerprint density at radius 2 is 1.87 bits per heavy atom. The Bertz CT molecular complexity index is 769. The van der Waals surface area contributed by atoms with E-state index in [0.717, 1.165) is 22.6 Å². The topological polar surface area (TPSA) is 38.3 Å². The van der Waals surface area contributed by atoms with Crippen LogP contribution in [-0.4, -0.2) is 13.0 Å². The summed E-state index contributed by atoms with van der Waals surface area (Å²) in [6, 6.07) is 12.9. The number of nitrogens with one attached hydrogen (secondary N) is 1. The molecule has 2 aromatic carbocycles. The molecule has 0 aromatic heterocycles. The van der Waals surface area contributed by atoms with Gasteiger partial charge in [0.25, 0.3) is 0 Å². The molecule has 1 unspecified atom stereocenters. The van der Waals surface area contributed by atoms with E-state index in [0.29, 0.717) is 16.5 Å². The van der Waals surface area contributed by atoms with Crippen LogP contribution in [0.5, 0.6) is 5.75 Å². The van der Waals surface area contributed by atoms with Gasteiger partial charge in [-0.3, -0.25) is 4.79 Å². The average Bonchev–Trinajstić information content (AvgIpc) is 2.54. The van der Waals surface area contributed by atoms with Crippen molar-refractivity contribution in [3.05, 3.63) is 69.7 Å². The van der Waals surface area contributed by atoms with Crippen LogP contribution in [0.2, 0.25) is 10.0 Å². The molecule has 0 fully saturated rings. The van der Waals surface area contributed by atoms with Crippen molar-refractivity contribution < 1.29 is 9.53 Å². The summed E-state index contributed by atoms with van der Waals surface area (Å²) in [6.45, 7) is 0. The van der Waals surface area contributed by atoms with Crippen molar-refractivity contribution >= 4 is 34.8 Å². The smallest absolute Gasteiger partial charge is 0.225 e. The molecule has 1 aliphatic heterocycles. The van der Waals surface area contributed by atoms with Crippen LogP contribution in [0.15, 0.2) is 48.5 Å². The Morgan fingerprint density at radius 3 is 2.52 bits per heavy atom. The van der Waals surface area contributed by atoms with Gasteiger partial charge in [-0.2, -0.15) is 0 Å². The van der Waals surface area contributed by atoms with Crippen LogP contribution < -0.4 is 10.1 Å². The van der Waals surface area contributed by atoms with Gasteiger partial charge in [-0.15, -0.1) is 0 Å². The number of amides is 1. The summed E-state index contributed by atoms with van der Waals surface area (Å²) < 4.78 is 5.16. The zero-order valence-electron chi connectivity index (χ0n) is 12.5. The lowest BCUT2D eigenvalue weighted by Gasteiger charge is -2.23. The van der Waals surface area contributed by atoms with Gasteiger partial charge in [0, 0.05) is 28.1 Å². The molecule has 0 radical (unpaired) electrons. The predicted octanol–water partition coefficient (Wildman–Crippen LogP) is 4.65. The number of allylic oxidation sites excluding steroid dienone is 1. The van der Waals surface area contributed by atoms with E-state index in [1.54, 1.807) is 19.2 Å². The number of rotatable bonds is 3. The molecule has 23 heavy (non-hydrogen) atoms. The maximum absolute atomic E-state index is 12.1. The molecule has 118 valence electrons. The molecule has 1 atom stereocenters. The molecule has 0 spiro atoms. The van der Waals surface area contributed by atoms with Gasteiger partial charge in [0.15, 0.2) is 0 Å². The van der Waals surface area contributed by atoms with Crippen molar-refractivity contribution in [1.82, 2.24) is 5.32 Å². The third-order valence-corrected chi connectivity index (χ3v) is 4.37. The van der Waals surface area contributed by atoms with Gasteiger partial charge in [0.05, 0.1) is 7.11 Å². The second-order valence-electron chi connectivity index (χ2n) is 5.33. The van der Waals surface area contributed by atoms with Crippen LogP contribution in [0.4, 0.5) is 0 Å². The van der Waals surface area contributed by atoms with Crippen LogP contribution in [0.1, 0.15) is 23.5 Å². The van der Waals surface area contributed by atoms with Crippen LogP contribution in [0, 0.1) is 0 Å². The molecule has 0 saturated carbocycles. The lowest BCUT2D eigenvalue weighted by molar-refractivity contribution is -0.120. The predicted molar refractivity (Wildman–Crippen MR) is 92.9 cm³/mol. The molecule has 1 amide bonds. The summed E-state index contributed by atoms with van der Waals surface area (Å²) in [4.78, 5) is 12.1. The molecule has 2 aromatic rings. The molecule has 0 aliphatic carbocycles. The van der Waals surface area contributed by atoms with Gasteiger partial charge in [-0.05, 0) is 47.5 Å². The minimum Gasteiger partial charge on any atom is -0.497 e. The number of halogens is 2. The van der Waals surface area contributed by atoms with Crippen LogP contribution in [-0.2, 0) is 4.79 Å². The Hall–Kier alpha value is -1.97. The standard InChI is InChI=1S/C18H15Cl2NO2/c1-23-14-5-2-11(3-6-14)17-8-12(9-18(22)21-17)15-7-4-13(19)10-16(15)20/h2-8,10,12H,9H2,1H3,(H,21,22). The third kappa shape index (κ3) is 3.52. The van der Waals surface area contributed by atoms with Crippen molar-refractivity contribution in [1.29, 1.82) is 0 Å². The highest BCUT2D eigenvalue weighted by Gasteiger charge is 2.23. The lowest BCUT2D eigenvalue weighted by atomic mass is 9.90. The molecule has 0 bridgehead atoms. The molecule has 5 heteroatoms. The van der Waals surface area contributed by atoms with Crippen LogP contribution in [0.25, 0.3) is 5.70 Å². The van der Waals surface area contributed by atoms with E-state index < -0.39 is 0 Å². The summed E-state index contributed by atoms with van der Waals surface area (Å²) >= 11 is 12.2. The summed E-state index contributed by atoms with van der Waals surface area (Å²) in [5.41, 5.74) is 2.60. The van der Waals surface area contributed by atoms with Gasteiger partial charge in [-0.25, -0.2) is 0 Å². The van der Waals surface area contributed by atoms with Crippen molar-refractivity contribution in [3.8, 4) is 5.75 Å². The molecule has 1 aliphatic rings. The third-order valence-electron chi connectivity index (χ3n) is 3.81. The van der Waals surface area contributed by atoms with E-state index in [1.807, 2.05) is 36.4 Å². The maximum Gasteiger partial charge on any atom is 0.225 e. The van der Waals surface area contributed by atoms with Gasteiger partial charge >= 0.3 is 0 Å². The number of ether oxygens (including phenoxy) is 1. The monoisotopic (exact) mass is 347 g/mol. The quantitative estimate of drug-likeness (QED) is 0.877. The summed E-state index contributed by atoms with van der Waals surface area (Å²) in [5.74, 6) is 0.661. The Balaban J connectivity index is 1.96. The first-order chi connectivity index (χ1) is 11.1. The Labute approximate surface area is 144 Å². The van der Waals surface area contributed by atoms with E-state index in [1.165, 1.54) is 0 Å². The van der Waals surface area contributed by atoms with E-state index >= 15 is 0 Å². The number of methoxy groups -OCH3 is 1. The number of hydrogen-bond acceptors (Lipinski definition) is 2. The van der Waals surface area contributed by atoms with Gasteiger partial charge in [-0.1, -0.05) is 35.3 Å². The summed E-state index contributed by atoms with van der Waals surface area (Å²) in [6.07, 6.45) is 2.39. The minimum atomic E-state index is -0.0781. The fourth-order valence-corrected chi connectivity index (χ4v) is 3.19. The van der Waals surface area contributed by atoms with Crippen molar-refractivity contribution in [2.24, 2.45) is 0 Å². The zero-order valence-corrected chi connectivity index (χ0v) is 14.0. The molecule has 0 saturated heterocycles. The van der Waals surface area contributed by atoms with Crippen LogP contribution in [0.3, 0.4) is 0 Å². The molecule has 3 nitrogen and oxygen atoms in total. The molecule has 1 N–H and O–H groups in total. The molecular formula is C18H15Cl2NO2. The summed E-state index contributed by atoms with van der Waals surface area (Å²) in [7, 11) is 1.62. The highest BCUT2D eigenvalue weighted by atomic mass is 35.5. The minimum absolute atomic E-state index is 0.0330. The number of carbonyl (C=O) groups is 1. The fraction of sp³-hybridized carbons (Fsp3) is 0.167. The lowest BCUT2D eigenvalue weighted by Crippen LogP contribution is -2.28. The highest BCUT2D eigenvalue weighted by Crippen LogP contribution is 2.34. The van der Waals surface area contributed by atoms with Crippen LogP contribution >= 0.6 is 23.2 Å². The summed E-state index contributed by atoms with van der Waals surface area (Å²) in [5, 5.41) is 4.07. The zero-order chi connectivity index (χ0) is 16.4. The molecular weight excluding hydrogens is 333 g/mol. The van der Waals surface area contributed by atoms with Gasteiger partial charge in [0.2, 0.25) is 5.91 Å². The SMILES string of the molecule is COc1ccc(C2=CC(c3ccc(Cl)cc3Cl)CC(=O)N2)cc1. The van der Waals surface area contributed by atoms with Crippen molar-refractivity contribution in [2.75, 3.05) is 7.11 Å². The van der Waals surface area contributed by atoms with E-state index in [9.17, 15) is 4.79 Å². The normalized spacial score (nSPS) is 17.4. The molecule has 3 rings (SSSR count). The molecule has 1 heterocycles. The van der Waals surface area contributed by atoms with Gasteiger partial charge in [0.1, 0.15) is 5.75 Å². The fourth-order valence-electron chi connectivity index (χ4n) is 2.64. The average molecular weight is 348 g/mol. The van der Waals surface area contributed by atoms with Crippen molar-refractivity contribution in [2.45, 2.75) is 12.3 Å². The first-order valence-electron chi connectivity index (χ1n) is 7.18. The maximum atomic E-state index is 12.1. The highest BCUT2D eigenvalue weighted by molar-refractivity contribution is 6.35. The first kappa shape index (κ1) is 15.9. The Morgan fingerprint density at radius 1 is 1.13 bits per heavy atom.